The number of rotatable bonds is 6. The molecule has 0 amide bonds. The lowest BCUT2D eigenvalue weighted by Crippen LogP contribution is -2.38. The van der Waals surface area contributed by atoms with Crippen LogP contribution in [0.2, 0.25) is 0 Å². The van der Waals surface area contributed by atoms with Gasteiger partial charge in [-0.2, -0.15) is 0 Å². The summed E-state index contributed by atoms with van der Waals surface area (Å²) in [5.41, 5.74) is 3.33. The van der Waals surface area contributed by atoms with Gasteiger partial charge in [-0.1, -0.05) is 50.2 Å². The predicted octanol–water partition coefficient (Wildman–Crippen LogP) is 4.13. The van der Waals surface area contributed by atoms with Crippen molar-refractivity contribution in [2.45, 2.75) is 44.0 Å². The Kier molecular flexibility index (Phi) is 6.95. The van der Waals surface area contributed by atoms with Crippen LogP contribution in [0.15, 0.2) is 71.6 Å². The van der Waals surface area contributed by atoms with Crippen molar-refractivity contribution in [1.82, 2.24) is 0 Å². The number of ether oxygens (including phenoxy) is 1. The number of sulfone groups is 1. The maximum absolute atomic E-state index is 13.3. The summed E-state index contributed by atoms with van der Waals surface area (Å²) in [4.78, 5) is 2.21. The summed E-state index contributed by atoms with van der Waals surface area (Å²) in [6, 6.07) is 20.4. The van der Waals surface area contributed by atoms with Crippen molar-refractivity contribution in [1.29, 1.82) is 0 Å². The summed E-state index contributed by atoms with van der Waals surface area (Å²) in [6.45, 7) is 4.01. The molecule has 0 bridgehead atoms. The van der Waals surface area contributed by atoms with Crippen LogP contribution in [0.1, 0.15) is 42.0 Å². The minimum Gasteiger partial charge on any atom is -0.489 e. The molecule has 0 aliphatic carbocycles. The van der Waals surface area contributed by atoms with Crippen molar-refractivity contribution in [3.8, 4) is 5.75 Å². The highest BCUT2D eigenvalue weighted by Gasteiger charge is 2.45. The molecule has 6 nitrogen and oxygen atoms in total. The third-order valence-corrected chi connectivity index (χ3v) is 8.87. The first-order chi connectivity index (χ1) is 16.5. The molecule has 0 aromatic heterocycles. The molecule has 3 aromatic carbocycles. The zero-order valence-corrected chi connectivity index (χ0v) is 21.4. The fourth-order valence-corrected chi connectivity index (χ4v) is 6.78. The summed E-state index contributed by atoms with van der Waals surface area (Å²) >= 11 is 0. The molecule has 35 heavy (non-hydrogen) atoms. The van der Waals surface area contributed by atoms with Gasteiger partial charge in [-0.25, -0.2) is 8.42 Å². The molecule has 1 heterocycles. The van der Waals surface area contributed by atoms with E-state index in [4.69, 9.17) is 4.74 Å². The van der Waals surface area contributed by atoms with Gasteiger partial charge in [0, 0.05) is 31.1 Å². The van der Waals surface area contributed by atoms with Crippen LogP contribution >= 0.6 is 0 Å². The Labute approximate surface area is 207 Å². The van der Waals surface area contributed by atoms with Gasteiger partial charge in [-0.05, 0) is 52.6 Å². The molecule has 186 valence electrons. The van der Waals surface area contributed by atoms with E-state index in [1.54, 1.807) is 19.9 Å². The average Bonchev–Trinajstić information content (AvgIpc) is 2.88. The van der Waals surface area contributed by atoms with Crippen molar-refractivity contribution < 1.29 is 23.4 Å². The van der Waals surface area contributed by atoms with Gasteiger partial charge in [0.15, 0.2) is 9.84 Å². The van der Waals surface area contributed by atoms with Crippen molar-refractivity contribution in [2.24, 2.45) is 5.41 Å². The molecule has 1 aliphatic heterocycles. The van der Waals surface area contributed by atoms with Gasteiger partial charge >= 0.3 is 0 Å². The van der Waals surface area contributed by atoms with Crippen LogP contribution in [0.25, 0.3) is 0 Å². The van der Waals surface area contributed by atoms with Crippen LogP contribution < -0.4 is 9.64 Å². The summed E-state index contributed by atoms with van der Waals surface area (Å²) in [7, 11) is 0.243. The second-order valence-electron chi connectivity index (χ2n) is 10.1. The number of hydrogen-bond acceptors (Lipinski definition) is 6. The number of hydrogen-bond donors (Lipinski definition) is 2. The Hall–Kier alpha value is -2.87. The minimum absolute atomic E-state index is 0.00683. The number of nitrogens with zero attached hydrogens (tertiary/aromatic N) is 1. The second-order valence-corrected chi connectivity index (χ2v) is 12.1. The van der Waals surface area contributed by atoms with Crippen LogP contribution in [0.4, 0.5) is 5.69 Å². The molecule has 0 unspecified atom stereocenters. The first-order valence-electron chi connectivity index (χ1n) is 11.7. The predicted molar refractivity (Wildman–Crippen MR) is 138 cm³/mol. The molecule has 7 heteroatoms. The highest BCUT2D eigenvalue weighted by Crippen LogP contribution is 2.45. The van der Waals surface area contributed by atoms with Gasteiger partial charge in [-0.3, -0.25) is 0 Å². The largest absolute Gasteiger partial charge is 0.489 e. The molecule has 0 spiro atoms. The van der Waals surface area contributed by atoms with Crippen LogP contribution in [0.5, 0.6) is 5.75 Å². The van der Waals surface area contributed by atoms with E-state index in [2.05, 4.69) is 0 Å². The summed E-state index contributed by atoms with van der Waals surface area (Å²) in [6.07, 6.45) is -0.896. The van der Waals surface area contributed by atoms with Crippen molar-refractivity contribution in [2.75, 3.05) is 24.7 Å². The molecular formula is C28H33NO5S. The van der Waals surface area contributed by atoms with E-state index in [0.717, 1.165) is 22.4 Å². The lowest BCUT2D eigenvalue weighted by Gasteiger charge is -2.33. The topological polar surface area (TPSA) is 87.1 Å². The van der Waals surface area contributed by atoms with Crippen LogP contribution in [-0.4, -0.2) is 44.6 Å². The van der Waals surface area contributed by atoms with Crippen LogP contribution in [0.3, 0.4) is 0 Å². The zero-order valence-electron chi connectivity index (χ0n) is 20.6. The molecule has 2 N–H and O–H groups in total. The first kappa shape index (κ1) is 25.2. The normalized spacial score (nSPS) is 20.5. The van der Waals surface area contributed by atoms with Crippen molar-refractivity contribution in [3.63, 3.8) is 0 Å². The Morgan fingerprint density at radius 3 is 2.20 bits per heavy atom. The van der Waals surface area contributed by atoms with E-state index >= 15 is 0 Å². The van der Waals surface area contributed by atoms with Crippen molar-refractivity contribution in [3.05, 3.63) is 89.0 Å². The number of fused-ring (bicyclic) bond motifs is 1. The van der Waals surface area contributed by atoms with Crippen molar-refractivity contribution >= 4 is 15.5 Å². The Morgan fingerprint density at radius 1 is 0.971 bits per heavy atom. The van der Waals surface area contributed by atoms with E-state index in [0.29, 0.717) is 17.9 Å². The average molecular weight is 496 g/mol. The molecule has 0 saturated heterocycles. The van der Waals surface area contributed by atoms with Gasteiger partial charge in [0.25, 0.3) is 0 Å². The lowest BCUT2D eigenvalue weighted by molar-refractivity contribution is 0.0521. The Bertz CT molecular complexity index is 1280. The molecule has 0 saturated carbocycles. The zero-order chi connectivity index (χ0) is 25.4. The molecule has 1 aliphatic rings. The number of aliphatic hydroxyl groups is 2. The Morgan fingerprint density at radius 2 is 1.60 bits per heavy atom. The molecular weight excluding hydrogens is 462 g/mol. The lowest BCUT2D eigenvalue weighted by atomic mass is 9.75. The standard InChI is InChI=1S/C28H33NO5S/c1-28(2)18-35(32,33)25-14-11-22(29(3)4)15-24(25)26(27(28)31)21-9-12-23(13-10-21)34-17-20-7-5-19(16-30)6-8-20/h5-15,26-27,30-31H,16-18H2,1-4H3/t26-,27-/m1/s1. The van der Waals surface area contributed by atoms with Gasteiger partial charge in [0.2, 0.25) is 0 Å². The minimum atomic E-state index is -3.57. The van der Waals surface area contributed by atoms with E-state index < -0.39 is 27.3 Å². The van der Waals surface area contributed by atoms with Gasteiger partial charge in [0.1, 0.15) is 12.4 Å². The second kappa shape index (κ2) is 9.64. The van der Waals surface area contributed by atoms with E-state index in [1.165, 1.54) is 0 Å². The van der Waals surface area contributed by atoms with Gasteiger partial charge in [0.05, 0.1) is 23.4 Å². The Balaban J connectivity index is 1.68. The fourth-order valence-electron chi connectivity index (χ4n) is 4.66. The molecule has 4 rings (SSSR count). The molecule has 0 fully saturated rings. The van der Waals surface area contributed by atoms with E-state index in [-0.39, 0.29) is 17.3 Å². The fraction of sp³-hybridized carbons (Fsp3) is 0.357. The quantitative estimate of drug-likeness (QED) is 0.535. The van der Waals surface area contributed by atoms with Crippen LogP contribution in [0, 0.1) is 5.41 Å². The van der Waals surface area contributed by atoms with Gasteiger partial charge < -0.3 is 19.8 Å². The number of benzene rings is 3. The molecule has 3 aromatic rings. The maximum atomic E-state index is 13.3. The summed E-state index contributed by atoms with van der Waals surface area (Å²) in [5, 5.41) is 20.7. The molecule has 0 radical (unpaired) electrons. The first-order valence-corrected chi connectivity index (χ1v) is 13.3. The number of anilines is 1. The third kappa shape index (κ3) is 5.22. The molecule has 2 atom stereocenters. The third-order valence-electron chi connectivity index (χ3n) is 6.71. The highest BCUT2D eigenvalue weighted by atomic mass is 32.2. The number of aliphatic hydroxyl groups excluding tert-OH is 2. The monoisotopic (exact) mass is 495 g/mol. The van der Waals surface area contributed by atoms with E-state index in [1.807, 2.05) is 79.7 Å². The maximum Gasteiger partial charge on any atom is 0.179 e. The van der Waals surface area contributed by atoms with Crippen LogP contribution in [-0.2, 0) is 23.1 Å². The smallest absolute Gasteiger partial charge is 0.179 e. The summed E-state index contributed by atoms with van der Waals surface area (Å²) < 4.78 is 32.5. The highest BCUT2D eigenvalue weighted by molar-refractivity contribution is 7.91. The SMILES string of the molecule is CN(C)c1ccc2c(c1)[C@@H](c1ccc(OCc3ccc(CO)cc3)cc1)[C@@H](O)C(C)(C)CS2(=O)=O. The van der Waals surface area contributed by atoms with E-state index in [9.17, 15) is 18.6 Å². The van der Waals surface area contributed by atoms with Gasteiger partial charge in [-0.15, -0.1) is 0 Å². The summed E-state index contributed by atoms with van der Waals surface area (Å²) in [5.74, 6) is 0.0527.